The van der Waals surface area contributed by atoms with Gasteiger partial charge < -0.3 is 4.98 Å². The molecule has 0 aliphatic carbocycles. The molecular weight excluding hydrogens is 418 g/mol. The molecule has 6 aromatic rings. The zero-order valence-electron chi connectivity index (χ0n) is 15.3. The maximum absolute atomic E-state index is 6.13. The van der Waals surface area contributed by atoms with Crippen LogP contribution in [0.4, 0.5) is 0 Å². The van der Waals surface area contributed by atoms with E-state index in [0.29, 0.717) is 17.2 Å². The molecule has 0 bridgehead atoms. The number of rotatable bonds is 3. The predicted octanol–water partition coefficient (Wildman–Crippen LogP) is 5.34. The third kappa shape index (κ3) is 2.77. The molecule has 0 spiro atoms. The molecule has 7 nitrogen and oxygen atoms in total. The van der Waals surface area contributed by atoms with E-state index in [9.17, 15) is 0 Å². The minimum absolute atomic E-state index is 0.601. The number of nitrogens with zero attached hydrogens (tertiary/aromatic N) is 5. The van der Waals surface area contributed by atoms with Crippen molar-refractivity contribution >= 4 is 45.1 Å². The van der Waals surface area contributed by atoms with Crippen molar-refractivity contribution in [1.29, 1.82) is 0 Å². The van der Waals surface area contributed by atoms with Crippen LogP contribution in [0.2, 0.25) is 4.34 Å². The van der Waals surface area contributed by atoms with Crippen LogP contribution in [0.1, 0.15) is 0 Å². The van der Waals surface area contributed by atoms with Crippen LogP contribution in [0.25, 0.3) is 55.5 Å². The Balaban J connectivity index is 1.52. The first kappa shape index (κ1) is 17.3. The number of fused-ring (bicyclic) bond motifs is 2. The summed E-state index contributed by atoms with van der Waals surface area (Å²) >= 11 is 7.63. The molecule has 0 aliphatic rings. The van der Waals surface area contributed by atoms with Gasteiger partial charge in [0.05, 0.1) is 21.2 Å². The van der Waals surface area contributed by atoms with Gasteiger partial charge in [-0.3, -0.25) is 10.1 Å². The van der Waals surface area contributed by atoms with Crippen molar-refractivity contribution in [2.75, 3.05) is 0 Å². The van der Waals surface area contributed by atoms with Gasteiger partial charge in [0.1, 0.15) is 11.0 Å². The third-order valence-electron chi connectivity index (χ3n) is 4.78. The average Bonchev–Trinajstić information content (AvgIpc) is 3.51. The molecule has 144 valence electrons. The molecule has 6 heterocycles. The summed E-state index contributed by atoms with van der Waals surface area (Å²) in [6.45, 7) is 0. The van der Waals surface area contributed by atoms with Crippen molar-refractivity contribution in [3.63, 3.8) is 0 Å². The second-order valence-electron chi connectivity index (χ2n) is 6.62. The van der Waals surface area contributed by atoms with Crippen LogP contribution in [-0.4, -0.2) is 35.1 Å². The molecule has 0 radical (unpaired) electrons. The molecule has 0 aromatic carbocycles. The number of hydrogen-bond acceptors (Lipinski definition) is 6. The highest BCUT2D eigenvalue weighted by atomic mass is 35.5. The van der Waals surface area contributed by atoms with E-state index in [1.54, 1.807) is 12.4 Å². The van der Waals surface area contributed by atoms with Gasteiger partial charge in [-0.15, -0.1) is 11.3 Å². The summed E-state index contributed by atoms with van der Waals surface area (Å²) < 4.78 is 0.732. The molecule has 0 fully saturated rings. The van der Waals surface area contributed by atoms with E-state index in [4.69, 9.17) is 21.6 Å². The highest BCUT2D eigenvalue weighted by Gasteiger charge is 2.18. The Hall–Kier alpha value is -3.62. The maximum atomic E-state index is 6.13. The van der Waals surface area contributed by atoms with E-state index in [2.05, 4.69) is 25.1 Å². The lowest BCUT2D eigenvalue weighted by atomic mass is 10.2. The Bertz CT molecular complexity index is 1520. The Kier molecular flexibility index (Phi) is 3.87. The second kappa shape index (κ2) is 6.72. The van der Waals surface area contributed by atoms with E-state index in [-0.39, 0.29) is 0 Å². The van der Waals surface area contributed by atoms with Crippen molar-refractivity contribution in [2.24, 2.45) is 0 Å². The first-order valence-electron chi connectivity index (χ1n) is 9.13. The molecule has 30 heavy (non-hydrogen) atoms. The number of pyridine rings is 3. The van der Waals surface area contributed by atoms with Gasteiger partial charge in [-0.2, -0.15) is 5.10 Å². The first-order chi connectivity index (χ1) is 14.8. The molecule has 9 heteroatoms. The molecule has 0 saturated heterocycles. The van der Waals surface area contributed by atoms with E-state index in [1.165, 1.54) is 11.3 Å². The van der Waals surface area contributed by atoms with E-state index >= 15 is 0 Å². The smallest absolute Gasteiger partial charge is 0.162 e. The zero-order chi connectivity index (χ0) is 20.1. The van der Waals surface area contributed by atoms with Crippen molar-refractivity contribution < 1.29 is 0 Å². The molecule has 6 aromatic heterocycles. The summed E-state index contributed by atoms with van der Waals surface area (Å²) in [5.74, 6) is 0.601. The van der Waals surface area contributed by atoms with Crippen LogP contribution in [0.3, 0.4) is 0 Å². The van der Waals surface area contributed by atoms with E-state index in [1.807, 2.05) is 48.5 Å². The summed E-state index contributed by atoms with van der Waals surface area (Å²) in [4.78, 5) is 22.7. The van der Waals surface area contributed by atoms with Gasteiger partial charge in [0.25, 0.3) is 0 Å². The number of hydrogen-bond donors (Lipinski definition) is 2. The normalized spacial score (nSPS) is 11.5. The molecule has 2 N–H and O–H groups in total. The van der Waals surface area contributed by atoms with Gasteiger partial charge >= 0.3 is 0 Å². The Morgan fingerprint density at radius 2 is 1.80 bits per heavy atom. The predicted molar refractivity (Wildman–Crippen MR) is 118 cm³/mol. The standard InChI is InChI=1S/C21H12ClN7S/c22-16-7-6-15(30-16)11-8-10-24-20-17(11)26-21(27-20)19-18-14(28-29-19)5-4-13(25-18)12-3-1-2-9-23-12/h1-10H,(H,28,29)(H,24,26,27). The molecular formula is C21H12ClN7S. The number of halogens is 1. The molecule has 0 atom stereocenters. The fourth-order valence-electron chi connectivity index (χ4n) is 3.40. The quantitative estimate of drug-likeness (QED) is 0.395. The number of aromatic amines is 2. The number of aromatic nitrogens is 7. The van der Waals surface area contributed by atoms with Crippen molar-refractivity contribution in [3.05, 3.63) is 65.3 Å². The lowest BCUT2D eigenvalue weighted by Crippen LogP contribution is -1.88. The molecule has 6 rings (SSSR count). The van der Waals surface area contributed by atoms with Crippen molar-refractivity contribution in [2.45, 2.75) is 0 Å². The van der Waals surface area contributed by atoms with Crippen molar-refractivity contribution in [1.82, 2.24) is 35.1 Å². The molecule has 0 unspecified atom stereocenters. The Morgan fingerprint density at radius 3 is 2.63 bits per heavy atom. The number of thiophene rings is 1. The SMILES string of the molecule is Clc1ccc(-c2ccnc3[nH]c(-c4n[nH]c5ccc(-c6ccccn6)nc45)nc23)s1. The largest absolute Gasteiger partial charge is 0.321 e. The van der Waals surface area contributed by atoms with Crippen molar-refractivity contribution in [3.8, 4) is 33.3 Å². The summed E-state index contributed by atoms with van der Waals surface area (Å²) in [7, 11) is 0. The van der Waals surface area contributed by atoms with Crippen LogP contribution < -0.4 is 0 Å². The summed E-state index contributed by atoms with van der Waals surface area (Å²) in [6.07, 6.45) is 3.51. The monoisotopic (exact) mass is 429 g/mol. The van der Waals surface area contributed by atoms with Gasteiger partial charge in [0.2, 0.25) is 0 Å². The van der Waals surface area contributed by atoms with Gasteiger partial charge in [-0.25, -0.2) is 15.0 Å². The zero-order valence-corrected chi connectivity index (χ0v) is 16.9. The summed E-state index contributed by atoms with van der Waals surface area (Å²) in [5, 5.41) is 7.48. The van der Waals surface area contributed by atoms with Crippen LogP contribution in [0.5, 0.6) is 0 Å². The fraction of sp³-hybridized carbons (Fsp3) is 0. The van der Waals surface area contributed by atoms with E-state index < -0.39 is 0 Å². The fourth-order valence-corrected chi connectivity index (χ4v) is 4.47. The maximum Gasteiger partial charge on any atom is 0.162 e. The number of imidazole rings is 1. The second-order valence-corrected chi connectivity index (χ2v) is 8.34. The number of nitrogens with one attached hydrogen (secondary N) is 2. The summed E-state index contributed by atoms with van der Waals surface area (Å²) in [6, 6.07) is 15.4. The minimum atomic E-state index is 0.601. The third-order valence-corrected chi connectivity index (χ3v) is 6.05. The van der Waals surface area contributed by atoms with Gasteiger partial charge in [0.15, 0.2) is 17.2 Å². The molecule has 0 amide bonds. The van der Waals surface area contributed by atoms with Gasteiger partial charge in [0, 0.05) is 22.8 Å². The average molecular weight is 430 g/mol. The van der Waals surface area contributed by atoms with Crippen LogP contribution in [0, 0.1) is 0 Å². The topological polar surface area (TPSA) is 96.0 Å². The molecule has 0 saturated carbocycles. The lowest BCUT2D eigenvalue weighted by molar-refractivity contribution is 1.10. The number of H-pyrrole nitrogens is 2. The first-order valence-corrected chi connectivity index (χ1v) is 10.3. The van der Waals surface area contributed by atoms with Crippen LogP contribution in [0.15, 0.2) is 60.9 Å². The lowest BCUT2D eigenvalue weighted by Gasteiger charge is -2.00. The highest BCUT2D eigenvalue weighted by Crippen LogP contribution is 2.35. The van der Waals surface area contributed by atoms with Crippen LogP contribution in [-0.2, 0) is 0 Å². The van der Waals surface area contributed by atoms with E-state index in [0.717, 1.165) is 42.7 Å². The van der Waals surface area contributed by atoms with Crippen LogP contribution >= 0.6 is 22.9 Å². The Morgan fingerprint density at radius 1 is 0.833 bits per heavy atom. The van der Waals surface area contributed by atoms with Gasteiger partial charge in [-0.05, 0) is 42.5 Å². The van der Waals surface area contributed by atoms with Gasteiger partial charge in [-0.1, -0.05) is 17.7 Å². The highest BCUT2D eigenvalue weighted by molar-refractivity contribution is 7.19. The summed E-state index contributed by atoms with van der Waals surface area (Å²) in [5.41, 5.74) is 6.18. The minimum Gasteiger partial charge on any atom is -0.321 e. The Labute approximate surface area is 178 Å². The molecule has 0 aliphatic heterocycles.